The molecule has 1 aromatic rings. The van der Waals surface area contributed by atoms with Gasteiger partial charge in [-0.2, -0.15) is 0 Å². The average molecular weight is 219 g/mol. The second-order valence-corrected chi connectivity index (χ2v) is 4.07. The van der Waals surface area contributed by atoms with Gasteiger partial charge in [0.2, 0.25) is 0 Å². The Balaban J connectivity index is 2.27. The van der Waals surface area contributed by atoms with Crippen molar-refractivity contribution in [2.45, 2.75) is 25.9 Å². The van der Waals surface area contributed by atoms with Gasteiger partial charge in [0, 0.05) is 6.54 Å². The van der Waals surface area contributed by atoms with Gasteiger partial charge in [-0.05, 0) is 24.1 Å². The van der Waals surface area contributed by atoms with Gasteiger partial charge in [0.1, 0.15) is 6.04 Å². The molecule has 1 heterocycles. The van der Waals surface area contributed by atoms with Gasteiger partial charge in [0.25, 0.3) is 0 Å². The van der Waals surface area contributed by atoms with Crippen LogP contribution in [0.2, 0.25) is 0 Å². The van der Waals surface area contributed by atoms with E-state index < -0.39 is 0 Å². The Kier molecular flexibility index (Phi) is 3.25. The number of carbonyl (C=O) groups excluding carboxylic acids is 1. The number of fused-ring (bicyclic) bond motifs is 1. The minimum atomic E-state index is -0.128. The fourth-order valence-electron chi connectivity index (χ4n) is 2.28. The van der Waals surface area contributed by atoms with Gasteiger partial charge in [0.05, 0.1) is 7.11 Å². The van der Waals surface area contributed by atoms with E-state index in [0.717, 1.165) is 19.5 Å². The van der Waals surface area contributed by atoms with Crippen molar-refractivity contribution < 1.29 is 9.53 Å². The summed E-state index contributed by atoms with van der Waals surface area (Å²) in [6.45, 7) is 3.78. The molecular weight excluding hydrogens is 202 g/mol. The van der Waals surface area contributed by atoms with Crippen molar-refractivity contribution in [1.29, 1.82) is 0 Å². The number of rotatable bonds is 2. The highest BCUT2D eigenvalue weighted by molar-refractivity contribution is 5.76. The number of hydrogen-bond donors (Lipinski definition) is 0. The molecule has 1 atom stereocenters. The molecule has 0 radical (unpaired) electrons. The lowest BCUT2D eigenvalue weighted by molar-refractivity contribution is -0.147. The SMILES string of the molecule is CCN1Cc2ccccc2CC1C(=O)OC. The smallest absolute Gasteiger partial charge is 0.323 e. The first-order valence-corrected chi connectivity index (χ1v) is 5.65. The molecule has 1 aliphatic heterocycles. The molecular formula is C13H17NO2. The van der Waals surface area contributed by atoms with Crippen LogP contribution in [0.15, 0.2) is 24.3 Å². The Morgan fingerprint density at radius 2 is 2.12 bits per heavy atom. The predicted octanol–water partition coefficient (Wildman–Crippen LogP) is 1.61. The van der Waals surface area contributed by atoms with Crippen LogP contribution in [0.4, 0.5) is 0 Å². The van der Waals surface area contributed by atoms with Crippen LogP contribution in [0.5, 0.6) is 0 Å². The van der Waals surface area contributed by atoms with E-state index in [1.165, 1.54) is 18.2 Å². The Morgan fingerprint density at radius 1 is 1.44 bits per heavy atom. The number of benzene rings is 1. The van der Waals surface area contributed by atoms with Gasteiger partial charge >= 0.3 is 5.97 Å². The lowest BCUT2D eigenvalue weighted by atomic mass is 9.94. The molecule has 1 aromatic carbocycles. The minimum Gasteiger partial charge on any atom is -0.468 e. The van der Waals surface area contributed by atoms with Gasteiger partial charge in [-0.3, -0.25) is 9.69 Å². The molecule has 2 rings (SSSR count). The van der Waals surface area contributed by atoms with E-state index in [2.05, 4.69) is 24.0 Å². The van der Waals surface area contributed by atoms with Crippen LogP contribution < -0.4 is 0 Å². The molecule has 0 amide bonds. The maximum Gasteiger partial charge on any atom is 0.323 e. The van der Waals surface area contributed by atoms with Gasteiger partial charge in [-0.25, -0.2) is 0 Å². The van der Waals surface area contributed by atoms with Gasteiger partial charge < -0.3 is 4.74 Å². The van der Waals surface area contributed by atoms with Crippen molar-refractivity contribution in [3.63, 3.8) is 0 Å². The fraction of sp³-hybridized carbons (Fsp3) is 0.462. The zero-order chi connectivity index (χ0) is 11.5. The molecule has 0 N–H and O–H groups in total. The predicted molar refractivity (Wildman–Crippen MR) is 62.0 cm³/mol. The number of carbonyl (C=O) groups is 1. The van der Waals surface area contributed by atoms with Crippen LogP contribution in [0, 0.1) is 0 Å². The zero-order valence-corrected chi connectivity index (χ0v) is 9.77. The quantitative estimate of drug-likeness (QED) is 0.708. The van der Waals surface area contributed by atoms with Crippen molar-refractivity contribution in [1.82, 2.24) is 4.90 Å². The Bertz CT molecular complexity index is 389. The van der Waals surface area contributed by atoms with E-state index in [-0.39, 0.29) is 12.0 Å². The van der Waals surface area contributed by atoms with Crippen LogP contribution in [0.3, 0.4) is 0 Å². The molecule has 0 saturated heterocycles. The molecule has 16 heavy (non-hydrogen) atoms. The second kappa shape index (κ2) is 4.66. The molecule has 1 unspecified atom stereocenters. The van der Waals surface area contributed by atoms with E-state index in [0.29, 0.717) is 0 Å². The summed E-state index contributed by atoms with van der Waals surface area (Å²) < 4.78 is 4.86. The van der Waals surface area contributed by atoms with Crippen molar-refractivity contribution in [2.75, 3.05) is 13.7 Å². The standard InChI is InChI=1S/C13H17NO2/c1-3-14-9-11-7-5-4-6-10(11)8-12(14)13(15)16-2/h4-7,12H,3,8-9H2,1-2H3. The van der Waals surface area contributed by atoms with Crippen LogP contribution in [-0.4, -0.2) is 30.6 Å². The van der Waals surface area contributed by atoms with Crippen LogP contribution in [0.25, 0.3) is 0 Å². The van der Waals surface area contributed by atoms with Crippen LogP contribution >= 0.6 is 0 Å². The van der Waals surface area contributed by atoms with Crippen molar-refractivity contribution in [3.8, 4) is 0 Å². The highest BCUT2D eigenvalue weighted by atomic mass is 16.5. The first-order valence-electron chi connectivity index (χ1n) is 5.65. The number of ether oxygens (including phenoxy) is 1. The average Bonchev–Trinajstić information content (AvgIpc) is 2.36. The maximum absolute atomic E-state index is 11.7. The van der Waals surface area contributed by atoms with Crippen molar-refractivity contribution in [2.24, 2.45) is 0 Å². The molecule has 86 valence electrons. The van der Waals surface area contributed by atoms with Gasteiger partial charge in [-0.15, -0.1) is 0 Å². The Labute approximate surface area is 96.0 Å². The molecule has 3 heteroatoms. The number of esters is 1. The molecule has 0 aromatic heterocycles. The summed E-state index contributed by atoms with van der Waals surface area (Å²) in [6.07, 6.45) is 0.761. The van der Waals surface area contributed by atoms with Crippen LogP contribution in [0.1, 0.15) is 18.1 Å². The largest absolute Gasteiger partial charge is 0.468 e. The lowest BCUT2D eigenvalue weighted by Gasteiger charge is -2.34. The van der Waals surface area contributed by atoms with Crippen molar-refractivity contribution in [3.05, 3.63) is 35.4 Å². The summed E-state index contributed by atoms with van der Waals surface area (Å²) in [5, 5.41) is 0. The van der Waals surface area contributed by atoms with Crippen molar-refractivity contribution >= 4 is 5.97 Å². The third-order valence-corrected chi connectivity index (χ3v) is 3.23. The minimum absolute atomic E-state index is 0.120. The summed E-state index contributed by atoms with van der Waals surface area (Å²) in [5.74, 6) is -0.128. The lowest BCUT2D eigenvalue weighted by Crippen LogP contribution is -2.45. The summed E-state index contributed by atoms with van der Waals surface area (Å²) in [6, 6.07) is 8.17. The second-order valence-electron chi connectivity index (χ2n) is 4.07. The third-order valence-electron chi connectivity index (χ3n) is 3.23. The number of likely N-dealkylation sites (N-methyl/N-ethyl adjacent to an activating group) is 1. The zero-order valence-electron chi connectivity index (χ0n) is 9.77. The number of nitrogens with zero attached hydrogens (tertiary/aromatic N) is 1. The summed E-state index contributed by atoms with van der Waals surface area (Å²) in [5.41, 5.74) is 2.59. The summed E-state index contributed by atoms with van der Waals surface area (Å²) in [4.78, 5) is 13.8. The monoisotopic (exact) mass is 219 g/mol. The summed E-state index contributed by atoms with van der Waals surface area (Å²) in [7, 11) is 1.46. The number of methoxy groups -OCH3 is 1. The highest BCUT2D eigenvalue weighted by Gasteiger charge is 2.30. The van der Waals surface area contributed by atoms with Crippen LogP contribution in [-0.2, 0) is 22.5 Å². The first-order chi connectivity index (χ1) is 7.76. The van der Waals surface area contributed by atoms with E-state index in [1.54, 1.807) is 0 Å². The van der Waals surface area contributed by atoms with Gasteiger partial charge in [0.15, 0.2) is 0 Å². The Morgan fingerprint density at radius 3 is 2.75 bits per heavy atom. The molecule has 0 spiro atoms. The molecule has 0 bridgehead atoms. The van der Waals surface area contributed by atoms with E-state index >= 15 is 0 Å². The topological polar surface area (TPSA) is 29.5 Å². The van der Waals surface area contributed by atoms with E-state index in [9.17, 15) is 4.79 Å². The molecule has 0 fully saturated rings. The fourth-order valence-corrected chi connectivity index (χ4v) is 2.28. The van der Waals surface area contributed by atoms with E-state index in [4.69, 9.17) is 4.74 Å². The first kappa shape index (κ1) is 11.1. The van der Waals surface area contributed by atoms with Gasteiger partial charge in [-0.1, -0.05) is 31.2 Å². The Hall–Kier alpha value is -1.35. The van der Waals surface area contributed by atoms with E-state index in [1.807, 2.05) is 12.1 Å². The molecule has 0 saturated carbocycles. The number of hydrogen-bond acceptors (Lipinski definition) is 3. The summed E-state index contributed by atoms with van der Waals surface area (Å²) >= 11 is 0. The molecule has 1 aliphatic rings. The molecule has 3 nitrogen and oxygen atoms in total. The normalized spacial score (nSPS) is 20.2. The highest BCUT2D eigenvalue weighted by Crippen LogP contribution is 2.23. The maximum atomic E-state index is 11.7. The third kappa shape index (κ3) is 1.95. The molecule has 0 aliphatic carbocycles.